The van der Waals surface area contributed by atoms with E-state index in [1.54, 1.807) is 37.4 Å². The Kier molecular flexibility index (Phi) is 7.40. The fourth-order valence-corrected chi connectivity index (χ4v) is 2.38. The van der Waals surface area contributed by atoms with E-state index in [-0.39, 0.29) is 24.1 Å². The molecule has 0 radical (unpaired) electrons. The van der Waals surface area contributed by atoms with Crippen LogP contribution in [0.5, 0.6) is 0 Å². The van der Waals surface area contributed by atoms with Gasteiger partial charge in [0.2, 0.25) is 5.91 Å². The van der Waals surface area contributed by atoms with Crippen LogP contribution in [0.4, 0.5) is 5.69 Å². The molecule has 0 spiro atoms. The number of nitrogens with zero attached hydrogens (tertiary/aromatic N) is 2. The summed E-state index contributed by atoms with van der Waals surface area (Å²) in [7, 11) is 0. The average Bonchev–Trinajstić information content (AvgIpc) is 2.70. The molecule has 1 aromatic heterocycles. The van der Waals surface area contributed by atoms with E-state index in [1.807, 2.05) is 5.43 Å². The Morgan fingerprint density at radius 3 is 2.57 bits per heavy atom. The lowest BCUT2D eigenvalue weighted by molar-refractivity contribution is -0.121. The van der Waals surface area contributed by atoms with Gasteiger partial charge in [0.1, 0.15) is 11.5 Å². The van der Waals surface area contributed by atoms with Crippen LogP contribution in [0.2, 0.25) is 0 Å². The van der Waals surface area contributed by atoms with Crippen molar-refractivity contribution < 1.29 is 9.59 Å². The van der Waals surface area contributed by atoms with Crippen molar-refractivity contribution in [3.63, 3.8) is 0 Å². The molecule has 28 heavy (non-hydrogen) atoms. The third kappa shape index (κ3) is 6.02. The van der Waals surface area contributed by atoms with Crippen LogP contribution < -0.4 is 27.6 Å². The van der Waals surface area contributed by atoms with Crippen LogP contribution in [-0.4, -0.2) is 34.2 Å². The van der Waals surface area contributed by atoms with Crippen LogP contribution in [0.1, 0.15) is 40.3 Å². The van der Waals surface area contributed by atoms with E-state index >= 15 is 0 Å². The van der Waals surface area contributed by atoms with E-state index in [9.17, 15) is 9.59 Å². The first-order chi connectivity index (χ1) is 13.4. The van der Waals surface area contributed by atoms with Crippen LogP contribution in [0, 0.1) is 12.3 Å². The first-order valence-corrected chi connectivity index (χ1v) is 8.69. The van der Waals surface area contributed by atoms with E-state index in [0.717, 1.165) is 5.69 Å². The maximum absolute atomic E-state index is 12.1. The molecule has 148 valence electrons. The van der Waals surface area contributed by atoms with Gasteiger partial charge in [0.15, 0.2) is 0 Å². The van der Waals surface area contributed by atoms with Crippen molar-refractivity contribution in [2.75, 3.05) is 11.9 Å². The highest BCUT2D eigenvalue weighted by Crippen LogP contribution is 2.11. The summed E-state index contributed by atoms with van der Waals surface area (Å²) in [5.74, 6) is 4.40. The zero-order valence-electron chi connectivity index (χ0n) is 15.6. The van der Waals surface area contributed by atoms with Crippen molar-refractivity contribution in [2.45, 2.75) is 26.3 Å². The molecule has 10 heteroatoms. The molecule has 0 unspecified atom stereocenters. The molecular formula is C18H24N8O2. The molecule has 10 nitrogen and oxygen atoms in total. The summed E-state index contributed by atoms with van der Waals surface area (Å²) in [6.45, 7) is 2.54. The summed E-state index contributed by atoms with van der Waals surface area (Å²) in [5.41, 5.74) is 10.5. The Balaban J connectivity index is 1.85. The van der Waals surface area contributed by atoms with Gasteiger partial charge in [0.25, 0.3) is 5.91 Å². The van der Waals surface area contributed by atoms with Crippen molar-refractivity contribution in [2.24, 2.45) is 11.6 Å². The summed E-state index contributed by atoms with van der Waals surface area (Å²) in [4.78, 5) is 31.6. The predicted molar refractivity (Wildman–Crippen MR) is 105 cm³/mol. The van der Waals surface area contributed by atoms with Gasteiger partial charge in [-0.3, -0.25) is 25.4 Å². The predicted octanol–water partition coefficient (Wildman–Crippen LogP) is 0.181. The van der Waals surface area contributed by atoms with Crippen LogP contribution in [-0.2, 0) is 11.3 Å². The Hall–Kier alpha value is -3.53. The van der Waals surface area contributed by atoms with E-state index in [4.69, 9.17) is 17.0 Å². The number of carbonyl (C=O) groups is 2. The van der Waals surface area contributed by atoms with E-state index in [0.29, 0.717) is 42.2 Å². The number of benzene rings is 1. The highest BCUT2D eigenvalue weighted by atomic mass is 16.2. The Morgan fingerprint density at radius 2 is 1.93 bits per heavy atom. The molecule has 8 N–H and O–H groups in total. The van der Waals surface area contributed by atoms with Crippen molar-refractivity contribution in [1.29, 1.82) is 5.41 Å². The maximum Gasteiger partial charge on any atom is 0.251 e. The first kappa shape index (κ1) is 20.8. The van der Waals surface area contributed by atoms with Gasteiger partial charge in [-0.15, -0.1) is 0 Å². The number of nitrogens with two attached hydrogens (primary N) is 2. The smallest absolute Gasteiger partial charge is 0.251 e. The fourth-order valence-electron chi connectivity index (χ4n) is 2.38. The standard InChI is InChI=1S/C18H24N8O2/c1-11-16(17(19)20)25-14(9-23-11)10-24-13-6-4-12(5-7-13)18(28)22-8-2-3-15(27)26-21/h4-7,9,24H,2-3,8,10,21H2,1H3,(H3,19,20)(H,22,28)(H,26,27). The zero-order valence-corrected chi connectivity index (χ0v) is 15.6. The maximum atomic E-state index is 12.1. The minimum Gasteiger partial charge on any atom is -0.382 e. The quantitative estimate of drug-likeness (QED) is 0.0893. The van der Waals surface area contributed by atoms with Gasteiger partial charge in [-0.2, -0.15) is 0 Å². The fraction of sp³-hybridized carbons (Fsp3) is 0.278. The lowest BCUT2D eigenvalue weighted by Crippen LogP contribution is -2.31. The van der Waals surface area contributed by atoms with Crippen molar-refractivity contribution in [3.8, 4) is 0 Å². The van der Waals surface area contributed by atoms with E-state index in [1.165, 1.54) is 0 Å². The summed E-state index contributed by atoms with van der Waals surface area (Å²) < 4.78 is 0. The number of amides is 2. The number of aromatic nitrogens is 2. The molecule has 2 rings (SSSR count). The number of hydrogen-bond acceptors (Lipinski definition) is 7. The summed E-state index contributed by atoms with van der Waals surface area (Å²) >= 11 is 0. The topological polar surface area (TPSA) is 172 Å². The SMILES string of the molecule is Cc1ncc(CNc2ccc(C(=O)NCCCC(=O)NN)cc2)nc1C(=N)N. The van der Waals surface area contributed by atoms with Crippen LogP contribution in [0.3, 0.4) is 0 Å². The minimum absolute atomic E-state index is 0.120. The lowest BCUT2D eigenvalue weighted by atomic mass is 10.2. The van der Waals surface area contributed by atoms with Crippen molar-refractivity contribution in [1.82, 2.24) is 20.7 Å². The molecule has 0 saturated carbocycles. The highest BCUT2D eigenvalue weighted by molar-refractivity contribution is 5.94. The van der Waals surface area contributed by atoms with Crippen LogP contribution in [0.15, 0.2) is 30.5 Å². The second kappa shape index (κ2) is 9.97. The number of carbonyl (C=O) groups excluding carboxylic acids is 2. The molecule has 0 bridgehead atoms. The van der Waals surface area contributed by atoms with Crippen molar-refractivity contribution >= 4 is 23.3 Å². The number of nitrogen functional groups attached to an aromatic ring is 1. The largest absolute Gasteiger partial charge is 0.382 e. The second-order valence-corrected chi connectivity index (χ2v) is 6.07. The number of rotatable bonds is 9. The summed E-state index contributed by atoms with van der Waals surface area (Å²) in [6.07, 6.45) is 2.39. The molecule has 2 aromatic rings. The molecule has 0 aliphatic rings. The lowest BCUT2D eigenvalue weighted by Gasteiger charge is -2.09. The van der Waals surface area contributed by atoms with Gasteiger partial charge in [0.05, 0.1) is 24.1 Å². The van der Waals surface area contributed by atoms with E-state index in [2.05, 4.69) is 20.6 Å². The zero-order chi connectivity index (χ0) is 20.5. The summed E-state index contributed by atoms with van der Waals surface area (Å²) in [5, 5.41) is 13.4. The minimum atomic E-state index is -0.265. The normalized spacial score (nSPS) is 10.2. The number of hydrazine groups is 1. The molecule has 0 aliphatic carbocycles. The molecule has 2 amide bonds. The Morgan fingerprint density at radius 1 is 1.21 bits per heavy atom. The monoisotopic (exact) mass is 384 g/mol. The highest BCUT2D eigenvalue weighted by Gasteiger charge is 2.08. The number of amidine groups is 1. The van der Waals surface area contributed by atoms with Gasteiger partial charge in [0, 0.05) is 24.2 Å². The molecule has 1 aromatic carbocycles. The number of anilines is 1. The second-order valence-electron chi connectivity index (χ2n) is 6.07. The van der Waals surface area contributed by atoms with Gasteiger partial charge in [-0.1, -0.05) is 0 Å². The Labute approximate surface area is 162 Å². The molecule has 0 fully saturated rings. The first-order valence-electron chi connectivity index (χ1n) is 8.69. The summed E-state index contributed by atoms with van der Waals surface area (Å²) in [6, 6.07) is 6.97. The molecule has 0 atom stereocenters. The third-order valence-corrected chi connectivity index (χ3v) is 3.91. The van der Waals surface area contributed by atoms with Gasteiger partial charge < -0.3 is 16.4 Å². The Bertz CT molecular complexity index is 851. The van der Waals surface area contributed by atoms with Gasteiger partial charge in [-0.05, 0) is 37.6 Å². The average molecular weight is 384 g/mol. The third-order valence-electron chi connectivity index (χ3n) is 3.91. The number of nitrogens with one attached hydrogen (secondary N) is 4. The number of aryl methyl sites for hydroxylation is 1. The van der Waals surface area contributed by atoms with Crippen LogP contribution in [0.25, 0.3) is 0 Å². The molecular weight excluding hydrogens is 360 g/mol. The van der Waals surface area contributed by atoms with Crippen LogP contribution >= 0.6 is 0 Å². The molecule has 0 aliphatic heterocycles. The van der Waals surface area contributed by atoms with Gasteiger partial charge in [-0.25, -0.2) is 10.8 Å². The van der Waals surface area contributed by atoms with Gasteiger partial charge >= 0.3 is 0 Å². The number of hydrogen-bond donors (Lipinski definition) is 6. The van der Waals surface area contributed by atoms with E-state index < -0.39 is 0 Å². The molecule has 0 saturated heterocycles. The van der Waals surface area contributed by atoms with Crippen molar-refractivity contribution in [3.05, 3.63) is 53.1 Å². The molecule has 1 heterocycles.